The average Bonchev–Trinajstić information content (AvgIpc) is 3.28. The summed E-state index contributed by atoms with van der Waals surface area (Å²) < 4.78 is 0. The molecule has 1 aromatic heterocycles. The minimum Gasteiger partial charge on any atom is -0.366 e. The number of fused-ring (bicyclic) bond motifs is 1. The van der Waals surface area contributed by atoms with Gasteiger partial charge in [0.25, 0.3) is 0 Å². The molecule has 2 heterocycles. The van der Waals surface area contributed by atoms with Crippen LogP contribution in [0.2, 0.25) is 0 Å². The number of anilines is 1. The molecule has 128 valence electrons. The molecule has 0 radical (unpaired) electrons. The van der Waals surface area contributed by atoms with E-state index in [9.17, 15) is 10.1 Å². The second-order valence-electron chi connectivity index (χ2n) is 7.71. The van der Waals surface area contributed by atoms with E-state index >= 15 is 0 Å². The Morgan fingerprint density at radius 1 is 1.24 bits per heavy atom. The number of piperazine rings is 1. The summed E-state index contributed by atoms with van der Waals surface area (Å²) in [4.78, 5) is 21.2. The summed E-state index contributed by atoms with van der Waals surface area (Å²) in [7, 11) is 0. The molecule has 0 N–H and O–H groups in total. The van der Waals surface area contributed by atoms with Crippen molar-refractivity contribution in [2.75, 3.05) is 31.1 Å². The van der Waals surface area contributed by atoms with E-state index in [2.05, 4.69) is 29.8 Å². The number of amides is 1. The van der Waals surface area contributed by atoms with Gasteiger partial charge in [0.1, 0.15) is 6.07 Å². The molecule has 5 heteroatoms. The second-order valence-corrected chi connectivity index (χ2v) is 7.71. The molecule has 2 fully saturated rings. The Bertz CT molecular complexity index is 875. The first-order valence-electron chi connectivity index (χ1n) is 8.83. The van der Waals surface area contributed by atoms with Gasteiger partial charge in [0.05, 0.1) is 16.8 Å². The quantitative estimate of drug-likeness (QED) is 0.847. The molecule has 25 heavy (non-hydrogen) atoms. The Hall–Kier alpha value is -2.61. The summed E-state index contributed by atoms with van der Waals surface area (Å²) in [5.74, 6) is 0.486. The Balaban J connectivity index is 1.56. The van der Waals surface area contributed by atoms with Crippen LogP contribution >= 0.6 is 0 Å². The molecule has 2 aromatic rings. The largest absolute Gasteiger partial charge is 0.366 e. The first-order chi connectivity index (χ1) is 12.0. The number of hydrogen-bond donors (Lipinski definition) is 0. The fourth-order valence-electron chi connectivity index (χ4n) is 3.81. The van der Waals surface area contributed by atoms with Crippen LogP contribution in [0, 0.1) is 22.7 Å². The number of aromatic nitrogens is 1. The standard InChI is InChI=1S/C20H22N4O/c1-20(2)11-16(20)19(25)24-9-7-23(8-10-24)18-14(12-21)13-22-17-6-4-3-5-15(17)18/h3-6,13,16H,7-11H2,1-2H3/t16-/m1/s1. The zero-order valence-corrected chi connectivity index (χ0v) is 14.7. The second kappa shape index (κ2) is 5.73. The number of nitriles is 1. The van der Waals surface area contributed by atoms with Crippen LogP contribution in [-0.2, 0) is 4.79 Å². The number of carbonyl (C=O) groups excluding carboxylic acids is 1. The van der Waals surface area contributed by atoms with Gasteiger partial charge in [-0.3, -0.25) is 9.78 Å². The minimum atomic E-state index is 0.170. The molecule has 0 spiro atoms. The highest BCUT2D eigenvalue weighted by atomic mass is 16.2. The van der Waals surface area contributed by atoms with E-state index in [4.69, 9.17) is 0 Å². The fourth-order valence-corrected chi connectivity index (χ4v) is 3.81. The predicted octanol–water partition coefficient (Wildman–Crippen LogP) is 2.80. The lowest BCUT2D eigenvalue weighted by Crippen LogP contribution is -2.49. The van der Waals surface area contributed by atoms with Crippen molar-refractivity contribution in [3.05, 3.63) is 36.0 Å². The summed E-state index contributed by atoms with van der Waals surface area (Å²) >= 11 is 0. The monoisotopic (exact) mass is 334 g/mol. The van der Waals surface area contributed by atoms with Crippen molar-refractivity contribution in [3.63, 3.8) is 0 Å². The molecule has 0 bridgehead atoms. The zero-order valence-electron chi connectivity index (χ0n) is 14.7. The Labute approximate surface area is 147 Å². The first kappa shape index (κ1) is 15.9. The van der Waals surface area contributed by atoms with Crippen molar-refractivity contribution in [3.8, 4) is 6.07 Å². The van der Waals surface area contributed by atoms with Crippen LogP contribution in [0.15, 0.2) is 30.5 Å². The molecule has 1 saturated carbocycles. The number of carbonyl (C=O) groups is 1. The lowest BCUT2D eigenvalue weighted by Gasteiger charge is -2.37. The van der Waals surface area contributed by atoms with E-state index in [0.717, 1.165) is 36.1 Å². The molecule has 2 aliphatic rings. The van der Waals surface area contributed by atoms with Gasteiger partial charge in [-0.25, -0.2) is 0 Å². The Morgan fingerprint density at radius 3 is 2.56 bits per heavy atom. The van der Waals surface area contributed by atoms with E-state index in [-0.39, 0.29) is 11.3 Å². The lowest BCUT2D eigenvalue weighted by atomic mass is 10.1. The van der Waals surface area contributed by atoms with Crippen LogP contribution in [0.4, 0.5) is 5.69 Å². The maximum absolute atomic E-state index is 12.6. The smallest absolute Gasteiger partial charge is 0.226 e. The number of benzene rings is 1. The van der Waals surface area contributed by atoms with Gasteiger partial charge < -0.3 is 9.80 Å². The number of para-hydroxylation sites is 1. The highest BCUT2D eigenvalue weighted by Gasteiger charge is 2.52. The molecular weight excluding hydrogens is 312 g/mol. The number of hydrogen-bond acceptors (Lipinski definition) is 4. The lowest BCUT2D eigenvalue weighted by molar-refractivity contribution is -0.133. The third-order valence-electron chi connectivity index (χ3n) is 5.59. The van der Waals surface area contributed by atoms with Gasteiger partial charge in [0.2, 0.25) is 5.91 Å². The van der Waals surface area contributed by atoms with Crippen molar-refractivity contribution >= 4 is 22.5 Å². The fraction of sp³-hybridized carbons (Fsp3) is 0.450. The molecule has 1 aliphatic carbocycles. The maximum atomic E-state index is 12.6. The maximum Gasteiger partial charge on any atom is 0.226 e. The Kier molecular flexibility index (Phi) is 3.64. The van der Waals surface area contributed by atoms with Crippen LogP contribution in [0.3, 0.4) is 0 Å². The van der Waals surface area contributed by atoms with Gasteiger partial charge in [0, 0.05) is 43.7 Å². The van der Waals surface area contributed by atoms with E-state index < -0.39 is 0 Å². The van der Waals surface area contributed by atoms with E-state index in [0.29, 0.717) is 24.6 Å². The Morgan fingerprint density at radius 2 is 1.92 bits per heavy atom. The summed E-state index contributed by atoms with van der Waals surface area (Å²) in [6.07, 6.45) is 2.65. The SMILES string of the molecule is CC1(C)C[C@@H]1C(=O)N1CCN(c2c(C#N)cnc3ccccc23)CC1. The zero-order chi connectivity index (χ0) is 17.6. The van der Waals surface area contributed by atoms with Gasteiger partial charge in [0.15, 0.2) is 0 Å². The van der Waals surface area contributed by atoms with Gasteiger partial charge in [-0.05, 0) is 17.9 Å². The molecule has 1 amide bonds. The van der Waals surface area contributed by atoms with Crippen molar-refractivity contribution < 1.29 is 4.79 Å². The van der Waals surface area contributed by atoms with Crippen LogP contribution in [-0.4, -0.2) is 42.0 Å². The molecule has 1 aliphatic heterocycles. The van der Waals surface area contributed by atoms with Crippen molar-refractivity contribution in [2.45, 2.75) is 20.3 Å². The molecule has 4 rings (SSSR count). The average molecular weight is 334 g/mol. The van der Waals surface area contributed by atoms with Gasteiger partial charge in [-0.2, -0.15) is 5.26 Å². The highest BCUT2D eigenvalue weighted by Crippen LogP contribution is 2.52. The molecular formula is C20H22N4O. The third-order valence-corrected chi connectivity index (χ3v) is 5.59. The van der Waals surface area contributed by atoms with Crippen molar-refractivity contribution in [1.29, 1.82) is 5.26 Å². The highest BCUT2D eigenvalue weighted by molar-refractivity contribution is 5.94. The minimum absolute atomic E-state index is 0.170. The summed E-state index contributed by atoms with van der Waals surface area (Å²) in [5, 5.41) is 10.5. The molecule has 1 aromatic carbocycles. The van der Waals surface area contributed by atoms with Crippen LogP contribution < -0.4 is 4.90 Å². The first-order valence-corrected chi connectivity index (χ1v) is 8.83. The van der Waals surface area contributed by atoms with Gasteiger partial charge in [-0.15, -0.1) is 0 Å². The van der Waals surface area contributed by atoms with E-state index in [1.54, 1.807) is 6.20 Å². The predicted molar refractivity (Wildman–Crippen MR) is 97.1 cm³/mol. The van der Waals surface area contributed by atoms with Crippen molar-refractivity contribution in [1.82, 2.24) is 9.88 Å². The number of pyridine rings is 1. The third kappa shape index (κ3) is 2.72. The molecule has 1 saturated heterocycles. The van der Waals surface area contributed by atoms with Crippen LogP contribution in [0.1, 0.15) is 25.8 Å². The number of rotatable bonds is 2. The number of nitrogens with zero attached hydrogens (tertiary/aromatic N) is 4. The molecule has 5 nitrogen and oxygen atoms in total. The normalized spacial score (nSPS) is 21.9. The molecule has 1 atom stereocenters. The van der Waals surface area contributed by atoms with Crippen LogP contribution in [0.25, 0.3) is 10.9 Å². The summed E-state index contributed by atoms with van der Waals surface area (Å²) in [6.45, 7) is 7.26. The topological polar surface area (TPSA) is 60.2 Å². The van der Waals surface area contributed by atoms with Gasteiger partial charge >= 0.3 is 0 Å². The van der Waals surface area contributed by atoms with Crippen molar-refractivity contribution in [2.24, 2.45) is 11.3 Å². The summed E-state index contributed by atoms with van der Waals surface area (Å²) in [5.41, 5.74) is 2.62. The summed E-state index contributed by atoms with van der Waals surface area (Å²) in [6, 6.07) is 10.2. The van der Waals surface area contributed by atoms with Gasteiger partial charge in [-0.1, -0.05) is 32.0 Å². The van der Waals surface area contributed by atoms with E-state index in [1.165, 1.54) is 0 Å². The molecule has 0 unspecified atom stereocenters. The van der Waals surface area contributed by atoms with Crippen LogP contribution in [0.5, 0.6) is 0 Å². The van der Waals surface area contributed by atoms with E-state index in [1.807, 2.05) is 29.2 Å².